The highest BCUT2D eigenvalue weighted by Gasteiger charge is 2.34. The first-order valence-electron chi connectivity index (χ1n) is 6.91. The number of nitrogens with one attached hydrogen (secondary N) is 2. The average Bonchev–Trinajstić information content (AvgIpc) is 3.07. The summed E-state index contributed by atoms with van der Waals surface area (Å²) in [6.45, 7) is 1.16. The molecular weight excluding hydrogens is 260 g/mol. The molecule has 0 bridgehead atoms. The molecule has 2 N–H and O–H groups in total. The largest absolute Gasteiger partial charge is 0.379 e. The lowest BCUT2D eigenvalue weighted by Crippen LogP contribution is -2.44. The normalized spacial score (nSPS) is 30.1. The number of amides is 1. The van der Waals surface area contributed by atoms with Crippen LogP contribution >= 0.6 is 11.3 Å². The van der Waals surface area contributed by atoms with E-state index in [0.29, 0.717) is 13.2 Å². The van der Waals surface area contributed by atoms with Gasteiger partial charge in [-0.3, -0.25) is 4.79 Å². The van der Waals surface area contributed by atoms with Crippen LogP contribution in [0.15, 0.2) is 11.4 Å². The van der Waals surface area contributed by atoms with E-state index in [1.54, 1.807) is 11.3 Å². The Hall–Kier alpha value is -0.910. The number of rotatable bonds is 3. The molecular formula is C14H20N2O2S. The SMILES string of the molecule is CNC1COCC1C(=O)NC1CCCc2sccc21. The van der Waals surface area contributed by atoms with Crippen molar-refractivity contribution >= 4 is 17.2 Å². The zero-order chi connectivity index (χ0) is 13.2. The van der Waals surface area contributed by atoms with Gasteiger partial charge in [0.1, 0.15) is 0 Å². The monoisotopic (exact) mass is 280 g/mol. The fourth-order valence-corrected chi connectivity index (χ4v) is 4.00. The van der Waals surface area contributed by atoms with Gasteiger partial charge in [0, 0.05) is 10.9 Å². The zero-order valence-electron chi connectivity index (χ0n) is 11.1. The zero-order valence-corrected chi connectivity index (χ0v) is 12.0. The van der Waals surface area contributed by atoms with Crippen molar-refractivity contribution in [2.45, 2.75) is 31.3 Å². The minimum atomic E-state index is -0.0611. The van der Waals surface area contributed by atoms with Crippen LogP contribution in [0.25, 0.3) is 0 Å². The summed E-state index contributed by atoms with van der Waals surface area (Å²) in [7, 11) is 1.89. The van der Waals surface area contributed by atoms with Crippen LogP contribution in [0.3, 0.4) is 0 Å². The molecule has 1 aliphatic heterocycles. The number of thiophene rings is 1. The summed E-state index contributed by atoms with van der Waals surface area (Å²) in [5.41, 5.74) is 1.32. The van der Waals surface area contributed by atoms with Crippen molar-refractivity contribution in [1.82, 2.24) is 10.6 Å². The van der Waals surface area contributed by atoms with E-state index in [1.807, 2.05) is 7.05 Å². The Morgan fingerprint density at radius 2 is 2.37 bits per heavy atom. The lowest BCUT2D eigenvalue weighted by atomic mass is 9.93. The summed E-state index contributed by atoms with van der Waals surface area (Å²) in [5.74, 6) is 0.0647. The highest BCUT2D eigenvalue weighted by atomic mass is 32.1. The molecule has 1 aromatic heterocycles. The first kappa shape index (κ1) is 13.1. The standard InChI is InChI=1S/C14H20N2O2S/c1-15-12-8-18-7-10(12)14(17)16-11-3-2-4-13-9(11)5-6-19-13/h5-6,10-12,15H,2-4,7-8H2,1H3,(H,16,17). The molecule has 4 nitrogen and oxygen atoms in total. The van der Waals surface area contributed by atoms with Gasteiger partial charge in [0.15, 0.2) is 0 Å². The maximum absolute atomic E-state index is 12.4. The fraction of sp³-hybridized carbons (Fsp3) is 0.643. The summed E-state index contributed by atoms with van der Waals surface area (Å²) < 4.78 is 5.40. The number of ether oxygens (including phenoxy) is 1. The quantitative estimate of drug-likeness (QED) is 0.881. The molecule has 19 heavy (non-hydrogen) atoms. The molecule has 0 aromatic carbocycles. The number of likely N-dealkylation sites (N-methyl/N-ethyl adjacent to an activating group) is 1. The van der Waals surface area contributed by atoms with E-state index < -0.39 is 0 Å². The van der Waals surface area contributed by atoms with Gasteiger partial charge in [-0.2, -0.15) is 0 Å². The second-order valence-electron chi connectivity index (χ2n) is 5.29. The molecule has 2 heterocycles. The van der Waals surface area contributed by atoms with Crippen molar-refractivity contribution < 1.29 is 9.53 Å². The van der Waals surface area contributed by atoms with Gasteiger partial charge in [0.2, 0.25) is 5.91 Å². The molecule has 1 saturated heterocycles. The number of fused-ring (bicyclic) bond motifs is 1. The van der Waals surface area contributed by atoms with E-state index in [2.05, 4.69) is 22.1 Å². The topological polar surface area (TPSA) is 50.4 Å². The van der Waals surface area contributed by atoms with E-state index in [-0.39, 0.29) is 23.9 Å². The minimum Gasteiger partial charge on any atom is -0.379 e. The van der Waals surface area contributed by atoms with Gasteiger partial charge in [-0.25, -0.2) is 0 Å². The third-order valence-corrected chi connectivity index (χ3v) is 5.15. The molecule has 5 heteroatoms. The molecule has 1 aromatic rings. The second kappa shape index (κ2) is 5.61. The Balaban J connectivity index is 1.68. The molecule has 104 valence electrons. The lowest BCUT2D eigenvalue weighted by Gasteiger charge is -2.26. The van der Waals surface area contributed by atoms with Crippen LogP contribution in [0.1, 0.15) is 29.3 Å². The van der Waals surface area contributed by atoms with Crippen LogP contribution in [0.5, 0.6) is 0 Å². The third-order valence-electron chi connectivity index (χ3n) is 4.16. The third kappa shape index (κ3) is 2.55. The smallest absolute Gasteiger partial charge is 0.227 e. The van der Waals surface area contributed by atoms with Gasteiger partial charge in [0.05, 0.1) is 25.2 Å². The predicted molar refractivity (Wildman–Crippen MR) is 75.3 cm³/mol. The lowest BCUT2D eigenvalue weighted by molar-refractivity contribution is -0.126. The maximum Gasteiger partial charge on any atom is 0.227 e. The van der Waals surface area contributed by atoms with Gasteiger partial charge in [-0.1, -0.05) is 0 Å². The van der Waals surface area contributed by atoms with E-state index in [9.17, 15) is 4.79 Å². The van der Waals surface area contributed by atoms with Crippen molar-refractivity contribution in [3.63, 3.8) is 0 Å². The molecule has 1 amide bonds. The Labute approximate surface area is 117 Å². The molecule has 0 saturated carbocycles. The number of aryl methyl sites for hydroxylation is 1. The molecule has 3 rings (SSSR count). The predicted octanol–water partition coefficient (Wildman–Crippen LogP) is 1.48. The highest BCUT2D eigenvalue weighted by molar-refractivity contribution is 7.10. The van der Waals surface area contributed by atoms with Crippen molar-refractivity contribution in [3.05, 3.63) is 21.9 Å². The summed E-state index contributed by atoms with van der Waals surface area (Å²) in [6.07, 6.45) is 3.37. The Morgan fingerprint density at radius 3 is 3.21 bits per heavy atom. The number of carbonyl (C=O) groups is 1. The van der Waals surface area contributed by atoms with E-state index in [0.717, 1.165) is 19.3 Å². The van der Waals surface area contributed by atoms with E-state index in [1.165, 1.54) is 10.4 Å². The van der Waals surface area contributed by atoms with Crippen molar-refractivity contribution in [1.29, 1.82) is 0 Å². The molecule has 3 unspecified atom stereocenters. The first-order chi connectivity index (χ1) is 9.29. The minimum absolute atomic E-state index is 0.0611. The maximum atomic E-state index is 12.4. The molecule has 0 radical (unpaired) electrons. The van der Waals surface area contributed by atoms with E-state index >= 15 is 0 Å². The number of carbonyl (C=O) groups excluding carboxylic acids is 1. The van der Waals surface area contributed by atoms with Crippen LogP contribution in [0, 0.1) is 5.92 Å². The molecule has 2 aliphatic rings. The fourth-order valence-electron chi connectivity index (χ4n) is 3.01. The summed E-state index contributed by atoms with van der Waals surface area (Å²) in [4.78, 5) is 13.8. The molecule has 1 aliphatic carbocycles. The average molecular weight is 280 g/mol. The van der Waals surface area contributed by atoms with Gasteiger partial charge in [-0.05, 0) is 43.3 Å². The summed E-state index contributed by atoms with van der Waals surface area (Å²) in [6, 6.07) is 2.50. The van der Waals surface area contributed by atoms with Crippen LogP contribution < -0.4 is 10.6 Å². The number of hydrogen-bond acceptors (Lipinski definition) is 4. The molecule has 0 spiro atoms. The van der Waals surface area contributed by atoms with Crippen LogP contribution in [-0.2, 0) is 16.0 Å². The van der Waals surface area contributed by atoms with Gasteiger partial charge >= 0.3 is 0 Å². The summed E-state index contributed by atoms with van der Waals surface area (Å²) >= 11 is 1.81. The second-order valence-corrected chi connectivity index (χ2v) is 6.29. The number of hydrogen-bond donors (Lipinski definition) is 2. The van der Waals surface area contributed by atoms with Crippen molar-refractivity contribution in [2.75, 3.05) is 20.3 Å². The van der Waals surface area contributed by atoms with Crippen LogP contribution in [0.4, 0.5) is 0 Å². The van der Waals surface area contributed by atoms with Crippen molar-refractivity contribution in [3.8, 4) is 0 Å². The van der Waals surface area contributed by atoms with Crippen LogP contribution in [0.2, 0.25) is 0 Å². The van der Waals surface area contributed by atoms with E-state index in [4.69, 9.17) is 4.74 Å². The Morgan fingerprint density at radius 1 is 1.47 bits per heavy atom. The van der Waals surface area contributed by atoms with Crippen LogP contribution in [-0.4, -0.2) is 32.2 Å². The molecule has 3 atom stereocenters. The van der Waals surface area contributed by atoms with Gasteiger partial charge in [-0.15, -0.1) is 11.3 Å². The Bertz CT molecular complexity index is 460. The van der Waals surface area contributed by atoms with Gasteiger partial charge < -0.3 is 15.4 Å². The summed E-state index contributed by atoms with van der Waals surface area (Å²) in [5, 5.41) is 8.51. The highest BCUT2D eigenvalue weighted by Crippen LogP contribution is 2.33. The molecule has 1 fully saturated rings. The first-order valence-corrected chi connectivity index (χ1v) is 7.79. The van der Waals surface area contributed by atoms with Crippen molar-refractivity contribution in [2.24, 2.45) is 5.92 Å². The Kier molecular flexibility index (Phi) is 3.86. The van der Waals surface area contributed by atoms with Gasteiger partial charge in [0.25, 0.3) is 0 Å².